The zero-order chi connectivity index (χ0) is 14.0. The maximum absolute atomic E-state index is 7.82. The number of hydrogen-bond acceptors (Lipinski definition) is 3. The molecule has 2 heterocycles. The van der Waals surface area contributed by atoms with Gasteiger partial charge in [-0.05, 0) is 28.0 Å². The van der Waals surface area contributed by atoms with E-state index in [0.29, 0.717) is 12.4 Å². The first-order chi connectivity index (χ1) is 8.87. The van der Waals surface area contributed by atoms with Crippen LogP contribution in [-0.4, -0.2) is 29.4 Å². The summed E-state index contributed by atoms with van der Waals surface area (Å²) in [5, 5.41) is 4.89. The van der Waals surface area contributed by atoms with Crippen LogP contribution in [0.1, 0.15) is 1.37 Å². The molecule has 0 radical (unpaired) electrons. The molecule has 0 aliphatic heterocycles. The third-order valence-electron chi connectivity index (χ3n) is 2.58. The number of fused-ring (bicyclic) bond motifs is 1. The van der Waals surface area contributed by atoms with Crippen molar-refractivity contribution in [2.24, 2.45) is 0 Å². The number of halogens is 1. The maximum atomic E-state index is 7.82. The van der Waals surface area contributed by atoms with Crippen LogP contribution in [0.15, 0.2) is 22.9 Å². The van der Waals surface area contributed by atoms with E-state index < -0.39 is 8.07 Å². The summed E-state index contributed by atoms with van der Waals surface area (Å²) in [7, 11) is -1.06. The maximum Gasteiger partial charge on any atom is 0.160 e. The SMILES string of the molecule is [2H]c1nn(COCC[Si](C)(C)C)c2ncc(Br)cc12. The topological polar surface area (TPSA) is 39.9 Å². The van der Waals surface area contributed by atoms with Gasteiger partial charge in [-0.1, -0.05) is 19.6 Å². The van der Waals surface area contributed by atoms with Crippen molar-refractivity contribution in [2.75, 3.05) is 6.61 Å². The summed E-state index contributed by atoms with van der Waals surface area (Å²) >= 11 is 3.35. The molecule has 0 aromatic carbocycles. The van der Waals surface area contributed by atoms with Gasteiger partial charge in [-0.3, -0.25) is 0 Å². The Kier molecular flexibility index (Phi) is 3.76. The van der Waals surface area contributed by atoms with Crippen LogP contribution < -0.4 is 0 Å². The molecule has 0 aliphatic carbocycles. The van der Waals surface area contributed by atoms with Crippen LogP contribution in [0.5, 0.6) is 0 Å². The Labute approximate surface area is 118 Å². The van der Waals surface area contributed by atoms with Gasteiger partial charge in [-0.2, -0.15) is 5.10 Å². The minimum atomic E-state index is -1.06. The van der Waals surface area contributed by atoms with Crippen molar-refractivity contribution < 1.29 is 6.11 Å². The molecule has 98 valence electrons. The Bertz CT molecular complexity index is 582. The predicted octanol–water partition coefficient (Wildman–Crippen LogP) is 3.51. The smallest absolute Gasteiger partial charge is 0.160 e. The number of hydrogen-bond donors (Lipinski definition) is 0. The van der Waals surface area contributed by atoms with Gasteiger partial charge in [-0.25, -0.2) is 9.67 Å². The third kappa shape index (κ3) is 3.63. The van der Waals surface area contributed by atoms with E-state index in [2.05, 4.69) is 45.7 Å². The third-order valence-corrected chi connectivity index (χ3v) is 4.72. The van der Waals surface area contributed by atoms with Gasteiger partial charge in [0.2, 0.25) is 0 Å². The molecule has 0 N–H and O–H groups in total. The number of rotatable bonds is 5. The summed E-state index contributed by atoms with van der Waals surface area (Å²) in [6.45, 7) is 8.05. The van der Waals surface area contributed by atoms with Gasteiger partial charge < -0.3 is 4.74 Å². The van der Waals surface area contributed by atoms with Crippen LogP contribution >= 0.6 is 15.9 Å². The lowest BCUT2D eigenvalue weighted by Gasteiger charge is -2.15. The molecule has 18 heavy (non-hydrogen) atoms. The van der Waals surface area contributed by atoms with E-state index in [-0.39, 0.29) is 6.17 Å². The average Bonchev–Trinajstić information content (AvgIpc) is 2.60. The van der Waals surface area contributed by atoms with Crippen LogP contribution in [-0.2, 0) is 11.5 Å². The summed E-state index contributed by atoms with van der Waals surface area (Å²) < 4.78 is 16.0. The molecule has 0 atom stereocenters. The quantitative estimate of drug-likeness (QED) is 0.622. The number of ether oxygens (including phenoxy) is 1. The first kappa shape index (κ1) is 12.3. The standard InChI is InChI=1S/C12H18BrN3OSi/c1-18(2,3)5-4-17-9-16-12-10(7-15-16)6-11(13)8-14-12/h6-8H,4-5,9H2,1-3H3/i7D. The van der Waals surface area contributed by atoms with Crippen LogP contribution in [0.4, 0.5) is 0 Å². The van der Waals surface area contributed by atoms with E-state index in [1.165, 1.54) is 0 Å². The Hall–Kier alpha value is -0.723. The Balaban J connectivity index is 2.05. The first-order valence-electron chi connectivity index (χ1n) is 6.43. The summed E-state index contributed by atoms with van der Waals surface area (Å²) in [5.41, 5.74) is 0.696. The van der Waals surface area contributed by atoms with Gasteiger partial charge in [0.15, 0.2) is 5.65 Å². The van der Waals surface area contributed by atoms with Gasteiger partial charge in [-0.15, -0.1) is 0 Å². The molecule has 0 saturated carbocycles. The van der Waals surface area contributed by atoms with E-state index in [4.69, 9.17) is 6.11 Å². The highest BCUT2D eigenvalue weighted by molar-refractivity contribution is 9.10. The number of aromatic nitrogens is 3. The monoisotopic (exact) mass is 328 g/mol. The second-order valence-electron chi connectivity index (χ2n) is 5.48. The predicted molar refractivity (Wildman–Crippen MR) is 79.3 cm³/mol. The molecular formula is C12H18BrN3OSi. The molecule has 0 saturated heterocycles. The molecule has 2 aromatic heterocycles. The summed E-state index contributed by atoms with van der Waals surface area (Å²) in [4.78, 5) is 4.29. The molecular weight excluding hydrogens is 310 g/mol. The van der Waals surface area contributed by atoms with Crippen molar-refractivity contribution in [1.29, 1.82) is 0 Å². The van der Waals surface area contributed by atoms with Gasteiger partial charge in [0.25, 0.3) is 0 Å². The highest BCUT2D eigenvalue weighted by Gasteiger charge is 2.12. The molecule has 0 amide bonds. The van der Waals surface area contributed by atoms with Crippen molar-refractivity contribution in [3.63, 3.8) is 0 Å². The molecule has 0 bridgehead atoms. The molecule has 0 aliphatic rings. The molecule has 2 rings (SSSR count). The second kappa shape index (κ2) is 5.50. The summed E-state index contributed by atoms with van der Waals surface area (Å²) in [6, 6.07) is 2.98. The van der Waals surface area contributed by atoms with Crippen molar-refractivity contribution in [1.82, 2.24) is 14.8 Å². The fourth-order valence-electron chi connectivity index (χ4n) is 1.50. The Morgan fingerprint density at radius 1 is 1.50 bits per heavy atom. The lowest BCUT2D eigenvalue weighted by atomic mass is 10.4. The average molecular weight is 329 g/mol. The zero-order valence-corrected chi connectivity index (χ0v) is 13.5. The van der Waals surface area contributed by atoms with E-state index in [1.807, 2.05) is 6.07 Å². The van der Waals surface area contributed by atoms with Crippen molar-refractivity contribution >= 4 is 35.0 Å². The van der Waals surface area contributed by atoms with Crippen LogP contribution in [0.25, 0.3) is 11.0 Å². The molecule has 6 heteroatoms. The molecule has 0 unspecified atom stereocenters. The van der Waals surface area contributed by atoms with Gasteiger partial charge >= 0.3 is 0 Å². The summed E-state index contributed by atoms with van der Waals surface area (Å²) in [6.07, 6.45) is 1.94. The van der Waals surface area contributed by atoms with Gasteiger partial charge in [0.1, 0.15) is 6.73 Å². The van der Waals surface area contributed by atoms with Gasteiger partial charge in [0, 0.05) is 30.7 Å². The fraction of sp³-hybridized carbons (Fsp3) is 0.500. The highest BCUT2D eigenvalue weighted by atomic mass is 79.9. The van der Waals surface area contributed by atoms with Crippen LogP contribution in [0.2, 0.25) is 25.7 Å². The highest BCUT2D eigenvalue weighted by Crippen LogP contribution is 2.16. The van der Waals surface area contributed by atoms with Crippen LogP contribution in [0, 0.1) is 0 Å². The first-order valence-corrected chi connectivity index (χ1v) is 10.4. The molecule has 0 spiro atoms. The van der Waals surface area contributed by atoms with Crippen molar-refractivity contribution in [3.05, 3.63) is 22.9 Å². The zero-order valence-electron chi connectivity index (χ0n) is 11.9. The van der Waals surface area contributed by atoms with Gasteiger partial charge in [0.05, 0.1) is 7.54 Å². The van der Waals surface area contributed by atoms with Crippen molar-refractivity contribution in [3.8, 4) is 0 Å². The lowest BCUT2D eigenvalue weighted by Crippen LogP contribution is -2.22. The lowest BCUT2D eigenvalue weighted by molar-refractivity contribution is 0.0813. The van der Waals surface area contributed by atoms with Crippen molar-refractivity contribution in [2.45, 2.75) is 32.4 Å². The number of nitrogens with zero attached hydrogens (tertiary/aromatic N) is 3. The largest absolute Gasteiger partial charge is 0.359 e. The van der Waals surface area contributed by atoms with E-state index in [0.717, 1.165) is 22.5 Å². The minimum absolute atomic E-state index is 0.234. The Morgan fingerprint density at radius 2 is 2.28 bits per heavy atom. The number of pyridine rings is 1. The fourth-order valence-corrected chi connectivity index (χ4v) is 2.59. The van der Waals surface area contributed by atoms with E-state index in [1.54, 1.807) is 10.9 Å². The van der Waals surface area contributed by atoms with E-state index >= 15 is 0 Å². The minimum Gasteiger partial charge on any atom is -0.359 e. The van der Waals surface area contributed by atoms with E-state index in [9.17, 15) is 0 Å². The molecule has 0 fully saturated rings. The normalized spacial score (nSPS) is 13.0. The molecule has 2 aromatic rings. The Morgan fingerprint density at radius 3 is 3.00 bits per heavy atom. The van der Waals surface area contributed by atoms with Crippen LogP contribution in [0.3, 0.4) is 0 Å². The second-order valence-corrected chi connectivity index (χ2v) is 12.0. The molecule has 4 nitrogen and oxygen atoms in total. The summed E-state index contributed by atoms with van der Waals surface area (Å²) in [5.74, 6) is 0.